The van der Waals surface area contributed by atoms with Crippen LogP contribution in [0.1, 0.15) is 12.5 Å². The summed E-state index contributed by atoms with van der Waals surface area (Å²) in [5.74, 6) is 1.45. The molecule has 1 fully saturated rings. The largest absolute Gasteiger partial charge is 0.353 e. The van der Waals surface area contributed by atoms with Crippen LogP contribution in [0.2, 0.25) is 0 Å². The lowest BCUT2D eigenvalue weighted by Gasteiger charge is -2.35. The minimum Gasteiger partial charge on any atom is -0.353 e. The van der Waals surface area contributed by atoms with Crippen molar-refractivity contribution >= 4 is 22.8 Å². The van der Waals surface area contributed by atoms with Gasteiger partial charge in [-0.15, -0.1) is 0 Å². The van der Waals surface area contributed by atoms with Gasteiger partial charge < -0.3 is 9.80 Å². The summed E-state index contributed by atoms with van der Waals surface area (Å²) in [7, 11) is 0. The predicted octanol–water partition coefficient (Wildman–Crippen LogP) is 1.75. The van der Waals surface area contributed by atoms with Gasteiger partial charge in [-0.3, -0.25) is 9.78 Å². The number of nitrogens with zero attached hydrogens (tertiary/aromatic N) is 6. The number of H-pyrrole nitrogens is 1. The standard InChI is InChI=1S/C23H23N7O2/c1-2-16-6-8-17(9-7-16)30-21(31)18-15-25-22(26-20(18)27-23(30)32)29-13-11-28(12-14-29)19-5-3-4-10-24-19/h3-10,15H,2,11-14H2,1H3,(H,25,26,27,32). The first kappa shape index (κ1) is 19.9. The summed E-state index contributed by atoms with van der Waals surface area (Å²) < 4.78 is 1.12. The molecule has 4 aromatic rings. The van der Waals surface area contributed by atoms with Gasteiger partial charge in [0, 0.05) is 38.6 Å². The molecule has 162 valence electrons. The van der Waals surface area contributed by atoms with Crippen LogP contribution in [0.3, 0.4) is 0 Å². The topological polar surface area (TPSA) is 100 Å². The highest BCUT2D eigenvalue weighted by atomic mass is 16.2. The van der Waals surface area contributed by atoms with Gasteiger partial charge in [0.1, 0.15) is 11.2 Å². The van der Waals surface area contributed by atoms with Crippen molar-refractivity contribution in [1.82, 2.24) is 24.5 Å². The fourth-order valence-corrected chi connectivity index (χ4v) is 3.94. The minimum atomic E-state index is -0.517. The van der Waals surface area contributed by atoms with Gasteiger partial charge >= 0.3 is 5.69 Å². The molecule has 0 radical (unpaired) electrons. The molecule has 0 atom stereocenters. The summed E-state index contributed by atoms with van der Waals surface area (Å²) in [4.78, 5) is 46.1. The molecule has 0 amide bonds. The number of pyridine rings is 1. The molecule has 5 rings (SSSR count). The predicted molar refractivity (Wildman–Crippen MR) is 124 cm³/mol. The lowest BCUT2D eigenvalue weighted by Crippen LogP contribution is -2.47. The Bertz CT molecular complexity index is 1360. The highest BCUT2D eigenvalue weighted by Gasteiger charge is 2.21. The van der Waals surface area contributed by atoms with Crippen molar-refractivity contribution in [2.75, 3.05) is 36.0 Å². The Hall–Kier alpha value is -4.01. The zero-order chi connectivity index (χ0) is 22.1. The quantitative estimate of drug-likeness (QED) is 0.528. The van der Waals surface area contributed by atoms with Crippen molar-refractivity contribution < 1.29 is 0 Å². The van der Waals surface area contributed by atoms with Gasteiger partial charge in [-0.05, 0) is 36.2 Å². The molecule has 9 heteroatoms. The van der Waals surface area contributed by atoms with E-state index in [-0.39, 0.29) is 11.0 Å². The van der Waals surface area contributed by atoms with Gasteiger partial charge in [0.25, 0.3) is 5.56 Å². The summed E-state index contributed by atoms with van der Waals surface area (Å²) in [6.07, 6.45) is 4.17. The molecule has 0 unspecified atom stereocenters. The lowest BCUT2D eigenvalue weighted by atomic mass is 10.1. The van der Waals surface area contributed by atoms with Crippen molar-refractivity contribution in [2.24, 2.45) is 0 Å². The fraction of sp³-hybridized carbons (Fsp3) is 0.261. The van der Waals surface area contributed by atoms with E-state index in [2.05, 4.69) is 31.8 Å². The third-order valence-electron chi connectivity index (χ3n) is 5.78. The molecule has 0 bridgehead atoms. The van der Waals surface area contributed by atoms with E-state index in [4.69, 9.17) is 0 Å². The third-order valence-corrected chi connectivity index (χ3v) is 5.78. The summed E-state index contributed by atoms with van der Waals surface area (Å²) in [6, 6.07) is 13.2. The number of anilines is 2. The van der Waals surface area contributed by atoms with E-state index in [1.165, 1.54) is 6.20 Å². The van der Waals surface area contributed by atoms with Crippen molar-refractivity contribution in [2.45, 2.75) is 13.3 Å². The number of piperazine rings is 1. The molecule has 1 N–H and O–H groups in total. The van der Waals surface area contributed by atoms with E-state index < -0.39 is 11.2 Å². The average Bonchev–Trinajstić information content (AvgIpc) is 2.85. The van der Waals surface area contributed by atoms with Gasteiger partial charge in [0.05, 0.1) is 5.69 Å². The van der Waals surface area contributed by atoms with Crippen LogP contribution in [0.4, 0.5) is 11.8 Å². The molecule has 3 aromatic heterocycles. The maximum absolute atomic E-state index is 13.0. The van der Waals surface area contributed by atoms with Crippen molar-refractivity contribution in [3.8, 4) is 5.69 Å². The van der Waals surface area contributed by atoms with Gasteiger partial charge in [-0.2, -0.15) is 4.98 Å². The zero-order valence-electron chi connectivity index (χ0n) is 17.7. The van der Waals surface area contributed by atoms with Crippen LogP contribution in [-0.4, -0.2) is 50.7 Å². The number of aryl methyl sites for hydroxylation is 1. The number of rotatable bonds is 4. The Morgan fingerprint density at radius 2 is 1.69 bits per heavy atom. The number of hydrogen-bond acceptors (Lipinski definition) is 7. The van der Waals surface area contributed by atoms with Gasteiger partial charge in [0.15, 0.2) is 5.65 Å². The molecular weight excluding hydrogens is 406 g/mol. The molecule has 9 nitrogen and oxygen atoms in total. The second-order valence-corrected chi connectivity index (χ2v) is 7.69. The van der Waals surface area contributed by atoms with E-state index in [0.29, 0.717) is 24.7 Å². The number of nitrogens with one attached hydrogen (secondary N) is 1. The molecular formula is C23H23N7O2. The van der Waals surface area contributed by atoms with E-state index in [1.54, 1.807) is 18.3 Å². The smallest absolute Gasteiger partial charge is 0.334 e. The molecule has 32 heavy (non-hydrogen) atoms. The number of aromatic amines is 1. The molecule has 4 heterocycles. The molecule has 1 aliphatic rings. The average molecular weight is 429 g/mol. The van der Waals surface area contributed by atoms with Crippen LogP contribution in [0, 0.1) is 0 Å². The normalized spacial score (nSPS) is 14.2. The van der Waals surface area contributed by atoms with Gasteiger partial charge in [-0.25, -0.2) is 19.3 Å². The number of benzene rings is 1. The Morgan fingerprint density at radius 3 is 2.38 bits per heavy atom. The Labute approximate surface area is 184 Å². The fourth-order valence-electron chi connectivity index (χ4n) is 3.94. The van der Waals surface area contributed by atoms with Crippen molar-refractivity contribution in [3.63, 3.8) is 0 Å². The maximum atomic E-state index is 13.0. The molecule has 0 spiro atoms. The van der Waals surface area contributed by atoms with E-state index in [9.17, 15) is 9.59 Å². The second-order valence-electron chi connectivity index (χ2n) is 7.69. The molecule has 0 saturated carbocycles. The van der Waals surface area contributed by atoms with E-state index in [1.807, 2.05) is 35.2 Å². The van der Waals surface area contributed by atoms with E-state index >= 15 is 0 Å². The number of aromatic nitrogens is 5. The highest BCUT2D eigenvalue weighted by Crippen LogP contribution is 2.17. The van der Waals surface area contributed by atoms with Crippen LogP contribution < -0.4 is 21.0 Å². The molecule has 1 aromatic carbocycles. The second kappa shape index (κ2) is 8.26. The Morgan fingerprint density at radius 1 is 0.938 bits per heavy atom. The Kier molecular flexibility index (Phi) is 5.14. The maximum Gasteiger partial charge on any atom is 0.334 e. The van der Waals surface area contributed by atoms with Crippen molar-refractivity contribution in [1.29, 1.82) is 0 Å². The first-order valence-corrected chi connectivity index (χ1v) is 10.7. The number of fused-ring (bicyclic) bond motifs is 1. The third kappa shape index (κ3) is 3.62. The number of hydrogen-bond donors (Lipinski definition) is 1. The van der Waals surface area contributed by atoms with Gasteiger partial charge in [0.2, 0.25) is 5.95 Å². The monoisotopic (exact) mass is 429 g/mol. The first-order chi connectivity index (χ1) is 15.6. The first-order valence-electron chi connectivity index (χ1n) is 10.7. The Balaban J connectivity index is 1.42. The van der Waals surface area contributed by atoms with Crippen LogP contribution in [0.25, 0.3) is 16.7 Å². The summed E-state index contributed by atoms with van der Waals surface area (Å²) in [5, 5.41) is 0.278. The van der Waals surface area contributed by atoms with Gasteiger partial charge in [-0.1, -0.05) is 25.1 Å². The molecule has 0 aliphatic carbocycles. The van der Waals surface area contributed by atoms with Crippen LogP contribution in [0.15, 0.2) is 64.4 Å². The summed E-state index contributed by atoms with van der Waals surface area (Å²) in [6.45, 7) is 5.05. The molecule has 1 saturated heterocycles. The zero-order valence-corrected chi connectivity index (χ0v) is 17.7. The highest BCUT2D eigenvalue weighted by molar-refractivity contribution is 5.73. The van der Waals surface area contributed by atoms with Crippen LogP contribution >= 0.6 is 0 Å². The summed E-state index contributed by atoms with van der Waals surface area (Å²) >= 11 is 0. The minimum absolute atomic E-state index is 0.249. The molecule has 1 aliphatic heterocycles. The van der Waals surface area contributed by atoms with E-state index in [0.717, 1.165) is 35.5 Å². The SMILES string of the molecule is CCc1ccc(-n2c(=O)[nH]c3nc(N4CCN(c5ccccn5)CC4)ncc3c2=O)cc1. The van der Waals surface area contributed by atoms with Crippen molar-refractivity contribution in [3.05, 3.63) is 81.3 Å². The van der Waals surface area contributed by atoms with Crippen LogP contribution in [0.5, 0.6) is 0 Å². The van der Waals surface area contributed by atoms with Crippen LogP contribution in [-0.2, 0) is 6.42 Å². The summed E-state index contributed by atoms with van der Waals surface area (Å²) in [5.41, 5.74) is 0.953. The lowest BCUT2D eigenvalue weighted by molar-refractivity contribution is 0.635.